The average Bonchev–Trinajstić information content (AvgIpc) is 2.44. The van der Waals surface area contributed by atoms with Crippen molar-refractivity contribution in [1.82, 2.24) is 15.2 Å². The molecular formula is C17H20FN3O. The van der Waals surface area contributed by atoms with E-state index < -0.39 is 0 Å². The molecule has 0 spiro atoms. The molecule has 0 saturated carbocycles. The Balaban J connectivity index is 1.96. The Kier molecular flexibility index (Phi) is 3.83. The van der Waals surface area contributed by atoms with Gasteiger partial charge in [0.25, 0.3) is 5.91 Å². The van der Waals surface area contributed by atoms with Crippen molar-refractivity contribution in [3.63, 3.8) is 0 Å². The highest BCUT2D eigenvalue weighted by atomic mass is 19.1. The van der Waals surface area contributed by atoms with Crippen molar-refractivity contribution in [1.29, 1.82) is 0 Å². The minimum Gasteiger partial charge on any atom is -0.335 e. The van der Waals surface area contributed by atoms with Crippen LogP contribution in [-0.2, 0) is 0 Å². The Labute approximate surface area is 129 Å². The summed E-state index contributed by atoms with van der Waals surface area (Å²) in [5, 5.41) is 4.20. The molecule has 5 heteroatoms. The van der Waals surface area contributed by atoms with Crippen molar-refractivity contribution in [2.45, 2.75) is 32.9 Å². The lowest BCUT2D eigenvalue weighted by Gasteiger charge is -2.36. The van der Waals surface area contributed by atoms with E-state index in [1.54, 1.807) is 13.0 Å². The van der Waals surface area contributed by atoms with E-state index in [2.05, 4.69) is 24.1 Å². The van der Waals surface area contributed by atoms with E-state index in [4.69, 9.17) is 0 Å². The van der Waals surface area contributed by atoms with Gasteiger partial charge in [-0.2, -0.15) is 0 Å². The van der Waals surface area contributed by atoms with Crippen LogP contribution in [0.2, 0.25) is 0 Å². The molecular weight excluding hydrogens is 281 g/mol. The molecule has 0 bridgehead atoms. The van der Waals surface area contributed by atoms with E-state index in [0.717, 1.165) is 5.39 Å². The first-order valence-corrected chi connectivity index (χ1v) is 7.56. The number of carbonyl (C=O) groups excluding carboxylic acids is 1. The SMILES string of the molecule is Cc1nc2cc(F)ccc2cc1C(=O)N1CC(C)NC(C)C1. The van der Waals surface area contributed by atoms with Crippen molar-refractivity contribution >= 4 is 16.8 Å². The number of aryl methyl sites for hydroxylation is 1. The molecule has 1 aliphatic heterocycles. The number of benzene rings is 1. The molecule has 0 aliphatic carbocycles. The maximum Gasteiger partial charge on any atom is 0.255 e. The predicted molar refractivity (Wildman–Crippen MR) is 84.4 cm³/mol. The fourth-order valence-corrected chi connectivity index (χ4v) is 3.12. The van der Waals surface area contributed by atoms with E-state index in [1.807, 2.05) is 11.0 Å². The van der Waals surface area contributed by atoms with Crippen LogP contribution in [0.25, 0.3) is 10.9 Å². The van der Waals surface area contributed by atoms with Gasteiger partial charge >= 0.3 is 0 Å². The van der Waals surface area contributed by atoms with Gasteiger partial charge in [-0.05, 0) is 39.0 Å². The zero-order chi connectivity index (χ0) is 15.9. The predicted octanol–water partition coefficient (Wildman–Crippen LogP) is 2.50. The summed E-state index contributed by atoms with van der Waals surface area (Å²) in [4.78, 5) is 19.1. The molecule has 2 aromatic rings. The van der Waals surface area contributed by atoms with Crippen LogP contribution in [0.1, 0.15) is 29.9 Å². The normalized spacial score (nSPS) is 22.1. The fraction of sp³-hybridized carbons (Fsp3) is 0.412. The first-order chi connectivity index (χ1) is 10.4. The number of piperazine rings is 1. The minimum atomic E-state index is -0.316. The molecule has 1 N–H and O–H groups in total. The molecule has 1 aliphatic rings. The fourth-order valence-electron chi connectivity index (χ4n) is 3.12. The highest BCUT2D eigenvalue weighted by molar-refractivity contribution is 5.98. The van der Waals surface area contributed by atoms with Crippen molar-refractivity contribution in [2.24, 2.45) is 0 Å². The van der Waals surface area contributed by atoms with Gasteiger partial charge in [0, 0.05) is 36.6 Å². The molecule has 1 aromatic heterocycles. The number of fused-ring (bicyclic) bond motifs is 1. The van der Waals surface area contributed by atoms with Gasteiger partial charge in [0.1, 0.15) is 5.82 Å². The molecule has 1 amide bonds. The van der Waals surface area contributed by atoms with Crippen LogP contribution in [-0.4, -0.2) is 41.0 Å². The Hall–Kier alpha value is -2.01. The van der Waals surface area contributed by atoms with Crippen molar-refractivity contribution in [2.75, 3.05) is 13.1 Å². The summed E-state index contributed by atoms with van der Waals surface area (Å²) >= 11 is 0. The van der Waals surface area contributed by atoms with Crippen LogP contribution in [0.3, 0.4) is 0 Å². The number of carbonyl (C=O) groups is 1. The van der Waals surface area contributed by atoms with Crippen LogP contribution >= 0.6 is 0 Å². The first kappa shape index (κ1) is 14.9. The lowest BCUT2D eigenvalue weighted by molar-refractivity contribution is 0.0673. The topological polar surface area (TPSA) is 45.2 Å². The number of hydrogen-bond donors (Lipinski definition) is 1. The maximum absolute atomic E-state index is 13.3. The summed E-state index contributed by atoms with van der Waals surface area (Å²) in [5.74, 6) is -0.320. The van der Waals surface area contributed by atoms with Crippen LogP contribution in [0.4, 0.5) is 4.39 Å². The molecule has 1 fully saturated rings. The van der Waals surface area contributed by atoms with Gasteiger partial charge in [-0.15, -0.1) is 0 Å². The van der Waals surface area contributed by atoms with Gasteiger partial charge in [0.2, 0.25) is 0 Å². The third-order valence-corrected chi connectivity index (χ3v) is 4.05. The molecule has 0 radical (unpaired) electrons. The number of amides is 1. The van der Waals surface area contributed by atoms with E-state index in [-0.39, 0.29) is 23.8 Å². The second-order valence-electron chi connectivity index (χ2n) is 6.14. The van der Waals surface area contributed by atoms with E-state index in [0.29, 0.717) is 29.9 Å². The number of hydrogen-bond acceptors (Lipinski definition) is 3. The van der Waals surface area contributed by atoms with E-state index >= 15 is 0 Å². The third-order valence-electron chi connectivity index (χ3n) is 4.05. The zero-order valence-electron chi connectivity index (χ0n) is 13.1. The Bertz CT molecular complexity index is 721. The number of nitrogens with zero attached hydrogens (tertiary/aromatic N) is 2. The quantitative estimate of drug-likeness (QED) is 0.880. The number of nitrogens with one attached hydrogen (secondary N) is 1. The molecule has 4 nitrogen and oxygen atoms in total. The van der Waals surface area contributed by atoms with Crippen molar-refractivity contribution in [3.05, 3.63) is 41.3 Å². The summed E-state index contributed by atoms with van der Waals surface area (Å²) in [6.07, 6.45) is 0. The Morgan fingerprint density at radius 1 is 1.27 bits per heavy atom. The van der Waals surface area contributed by atoms with Crippen LogP contribution in [0.15, 0.2) is 24.3 Å². The molecule has 2 unspecified atom stereocenters. The monoisotopic (exact) mass is 301 g/mol. The number of aromatic nitrogens is 1. The second-order valence-corrected chi connectivity index (χ2v) is 6.14. The largest absolute Gasteiger partial charge is 0.335 e. The summed E-state index contributed by atoms with van der Waals surface area (Å²) in [6.45, 7) is 7.31. The second kappa shape index (κ2) is 5.65. The number of pyridine rings is 1. The smallest absolute Gasteiger partial charge is 0.255 e. The number of rotatable bonds is 1. The van der Waals surface area contributed by atoms with Gasteiger partial charge in [0.05, 0.1) is 16.8 Å². The van der Waals surface area contributed by atoms with Gasteiger partial charge in [-0.3, -0.25) is 9.78 Å². The summed E-state index contributed by atoms with van der Waals surface area (Å²) < 4.78 is 13.3. The molecule has 2 atom stereocenters. The highest BCUT2D eigenvalue weighted by Crippen LogP contribution is 2.20. The minimum absolute atomic E-state index is 0.00331. The van der Waals surface area contributed by atoms with Gasteiger partial charge in [-0.1, -0.05) is 0 Å². The molecule has 1 aromatic carbocycles. The van der Waals surface area contributed by atoms with E-state index in [9.17, 15) is 9.18 Å². The van der Waals surface area contributed by atoms with Crippen LogP contribution in [0, 0.1) is 12.7 Å². The van der Waals surface area contributed by atoms with Gasteiger partial charge < -0.3 is 10.2 Å². The van der Waals surface area contributed by atoms with Crippen LogP contribution in [0.5, 0.6) is 0 Å². The average molecular weight is 301 g/mol. The van der Waals surface area contributed by atoms with Crippen LogP contribution < -0.4 is 5.32 Å². The number of halogens is 1. The molecule has 3 rings (SSSR count). The Morgan fingerprint density at radius 3 is 2.64 bits per heavy atom. The van der Waals surface area contributed by atoms with Gasteiger partial charge in [-0.25, -0.2) is 4.39 Å². The standard InChI is InChI=1S/C17H20FN3O/c1-10-8-21(9-11(2)19-10)17(22)15-6-13-4-5-14(18)7-16(13)20-12(15)3/h4-7,10-11,19H,8-9H2,1-3H3. The lowest BCUT2D eigenvalue weighted by atomic mass is 10.1. The molecule has 116 valence electrons. The van der Waals surface area contributed by atoms with Gasteiger partial charge in [0.15, 0.2) is 0 Å². The molecule has 1 saturated heterocycles. The highest BCUT2D eigenvalue weighted by Gasteiger charge is 2.26. The summed E-state index contributed by atoms with van der Waals surface area (Å²) in [7, 11) is 0. The Morgan fingerprint density at radius 2 is 1.95 bits per heavy atom. The van der Waals surface area contributed by atoms with E-state index in [1.165, 1.54) is 12.1 Å². The van der Waals surface area contributed by atoms with Crippen molar-refractivity contribution < 1.29 is 9.18 Å². The maximum atomic E-state index is 13.3. The molecule has 22 heavy (non-hydrogen) atoms. The third kappa shape index (κ3) is 2.81. The summed E-state index contributed by atoms with van der Waals surface area (Å²) in [6, 6.07) is 6.81. The first-order valence-electron chi connectivity index (χ1n) is 7.56. The lowest BCUT2D eigenvalue weighted by Crippen LogP contribution is -2.55. The van der Waals surface area contributed by atoms with Crippen molar-refractivity contribution in [3.8, 4) is 0 Å². The zero-order valence-corrected chi connectivity index (χ0v) is 13.1. The molecule has 2 heterocycles. The summed E-state index contributed by atoms with van der Waals surface area (Å²) in [5.41, 5.74) is 1.82.